The van der Waals surface area contributed by atoms with Crippen LogP contribution in [-0.2, 0) is 28.6 Å². The van der Waals surface area contributed by atoms with Crippen LogP contribution in [0.3, 0.4) is 0 Å². The van der Waals surface area contributed by atoms with E-state index in [1.54, 1.807) is 0 Å². The van der Waals surface area contributed by atoms with Crippen molar-refractivity contribution in [2.24, 2.45) is 5.92 Å². The predicted octanol–water partition coefficient (Wildman–Crippen LogP) is 14.3. The van der Waals surface area contributed by atoms with Gasteiger partial charge in [-0.1, -0.05) is 220 Å². The summed E-state index contributed by atoms with van der Waals surface area (Å²) in [6.45, 7) is 8.53. The number of carbonyl (C=O) groups excluding carboxylic acids is 3. The van der Waals surface area contributed by atoms with Crippen LogP contribution in [0.25, 0.3) is 0 Å². The third-order valence-electron chi connectivity index (χ3n) is 10.5. The van der Waals surface area contributed by atoms with Gasteiger partial charge in [-0.25, -0.2) is 0 Å². The largest absolute Gasteiger partial charge is 0.462 e. The van der Waals surface area contributed by atoms with E-state index >= 15 is 0 Å². The summed E-state index contributed by atoms with van der Waals surface area (Å²) in [6, 6.07) is 0. The lowest BCUT2D eigenvalue weighted by molar-refractivity contribution is -0.168. The third-order valence-corrected chi connectivity index (χ3v) is 10.5. The first-order valence-corrected chi connectivity index (χ1v) is 23.0. The first kappa shape index (κ1) is 50.4. The maximum atomic E-state index is 12.8. The average Bonchev–Trinajstić information content (AvgIpc) is 3.14. The number of unbranched alkanes of at least 4 members (excludes halogenated alkanes) is 29. The lowest BCUT2D eigenvalue weighted by Crippen LogP contribution is -2.31. The molecule has 0 saturated heterocycles. The molecule has 6 heteroatoms. The normalized spacial score (nSPS) is 12.5. The molecule has 0 bridgehead atoms. The predicted molar refractivity (Wildman–Crippen MR) is 220 cm³/mol. The molecule has 0 aromatic carbocycles. The molecule has 0 aromatic heterocycles. The Balaban J connectivity index is 4.45. The number of hydrogen-bond donors (Lipinski definition) is 0. The van der Waals surface area contributed by atoms with Gasteiger partial charge < -0.3 is 14.2 Å². The van der Waals surface area contributed by atoms with Crippen LogP contribution in [-0.4, -0.2) is 37.2 Å². The van der Waals surface area contributed by atoms with Gasteiger partial charge in [-0.15, -0.1) is 0 Å². The van der Waals surface area contributed by atoms with Crippen LogP contribution in [0.15, 0.2) is 0 Å². The Morgan fingerprint density at radius 1 is 0.385 bits per heavy atom. The highest BCUT2D eigenvalue weighted by Crippen LogP contribution is 2.17. The van der Waals surface area contributed by atoms with Gasteiger partial charge in [0.25, 0.3) is 0 Å². The van der Waals surface area contributed by atoms with Crippen molar-refractivity contribution in [1.29, 1.82) is 0 Å². The second kappa shape index (κ2) is 40.6. The van der Waals surface area contributed by atoms with Gasteiger partial charge >= 0.3 is 17.9 Å². The molecule has 52 heavy (non-hydrogen) atoms. The van der Waals surface area contributed by atoms with Crippen LogP contribution >= 0.6 is 0 Å². The van der Waals surface area contributed by atoms with Gasteiger partial charge in [0.2, 0.25) is 0 Å². The summed E-state index contributed by atoms with van der Waals surface area (Å²) < 4.78 is 16.9. The lowest BCUT2D eigenvalue weighted by Gasteiger charge is -2.19. The van der Waals surface area contributed by atoms with Gasteiger partial charge in [-0.3, -0.25) is 14.4 Å². The van der Waals surface area contributed by atoms with Gasteiger partial charge in [0.05, 0.1) is 5.92 Å². The fourth-order valence-electron chi connectivity index (χ4n) is 6.86. The molecule has 0 saturated carbocycles. The molecule has 0 fully saturated rings. The van der Waals surface area contributed by atoms with E-state index in [9.17, 15) is 14.4 Å². The van der Waals surface area contributed by atoms with Crippen molar-refractivity contribution in [3.63, 3.8) is 0 Å². The Bertz CT molecular complexity index is 783. The second-order valence-corrected chi connectivity index (χ2v) is 15.9. The zero-order chi connectivity index (χ0) is 38.2. The van der Waals surface area contributed by atoms with E-state index in [0.29, 0.717) is 12.8 Å². The molecule has 308 valence electrons. The highest BCUT2D eigenvalue weighted by Gasteiger charge is 2.21. The summed E-state index contributed by atoms with van der Waals surface area (Å²) in [7, 11) is 0. The third kappa shape index (κ3) is 36.8. The number of hydrogen-bond acceptors (Lipinski definition) is 6. The molecule has 0 amide bonds. The lowest BCUT2D eigenvalue weighted by atomic mass is 10.0. The Morgan fingerprint density at radius 2 is 0.692 bits per heavy atom. The van der Waals surface area contributed by atoms with Crippen LogP contribution in [0.1, 0.15) is 252 Å². The van der Waals surface area contributed by atoms with E-state index in [2.05, 4.69) is 20.8 Å². The van der Waals surface area contributed by atoms with E-state index in [1.807, 2.05) is 6.92 Å². The average molecular weight is 737 g/mol. The summed E-state index contributed by atoms with van der Waals surface area (Å²) in [5, 5.41) is 0. The van der Waals surface area contributed by atoms with Crippen LogP contribution in [0.2, 0.25) is 0 Å². The number of ether oxygens (including phenoxy) is 3. The van der Waals surface area contributed by atoms with E-state index in [4.69, 9.17) is 14.2 Å². The highest BCUT2D eigenvalue weighted by molar-refractivity contribution is 5.72. The summed E-state index contributed by atoms with van der Waals surface area (Å²) in [5.41, 5.74) is 0. The molecule has 0 spiro atoms. The molecular formula is C46H88O6. The second-order valence-electron chi connectivity index (χ2n) is 15.9. The topological polar surface area (TPSA) is 78.9 Å². The van der Waals surface area contributed by atoms with Crippen LogP contribution < -0.4 is 0 Å². The highest BCUT2D eigenvalue weighted by atomic mass is 16.6. The van der Waals surface area contributed by atoms with Gasteiger partial charge in [0, 0.05) is 12.8 Å². The van der Waals surface area contributed by atoms with Gasteiger partial charge in [-0.2, -0.15) is 0 Å². The van der Waals surface area contributed by atoms with Crippen LogP contribution in [0, 0.1) is 5.92 Å². The fraction of sp³-hybridized carbons (Fsp3) is 0.935. The quantitative estimate of drug-likeness (QED) is 0.0353. The smallest absolute Gasteiger partial charge is 0.308 e. The zero-order valence-electron chi connectivity index (χ0n) is 35.3. The summed E-state index contributed by atoms with van der Waals surface area (Å²) >= 11 is 0. The van der Waals surface area contributed by atoms with Crippen molar-refractivity contribution in [2.75, 3.05) is 13.2 Å². The Kier molecular flexibility index (Phi) is 39.4. The van der Waals surface area contributed by atoms with Crippen LogP contribution in [0.5, 0.6) is 0 Å². The maximum absolute atomic E-state index is 12.8. The van der Waals surface area contributed by atoms with Crippen molar-refractivity contribution in [3.05, 3.63) is 0 Å². The minimum Gasteiger partial charge on any atom is -0.462 e. The van der Waals surface area contributed by atoms with Crippen molar-refractivity contribution in [1.82, 2.24) is 0 Å². The van der Waals surface area contributed by atoms with E-state index in [0.717, 1.165) is 57.8 Å². The summed E-state index contributed by atoms with van der Waals surface area (Å²) in [6.07, 6.45) is 40.3. The maximum Gasteiger partial charge on any atom is 0.308 e. The monoisotopic (exact) mass is 737 g/mol. The minimum absolute atomic E-state index is 0.0685. The molecule has 0 aliphatic rings. The van der Waals surface area contributed by atoms with E-state index in [-0.39, 0.29) is 37.0 Å². The standard InChI is InChI=1S/C46H88O6/c1-5-8-11-14-17-20-23-26-29-32-35-38-44(47)50-40-43(52-45(48)39-36-33-30-27-24-21-18-15-12-9-6-2)41-51-46(49)42(4)37-34-31-28-25-22-19-16-13-10-7-3/h42-43H,5-41H2,1-4H3. The van der Waals surface area contributed by atoms with E-state index < -0.39 is 6.10 Å². The van der Waals surface area contributed by atoms with Crippen molar-refractivity contribution in [2.45, 2.75) is 259 Å². The molecule has 0 aliphatic carbocycles. The Hall–Kier alpha value is -1.59. The molecule has 2 unspecified atom stereocenters. The first-order valence-electron chi connectivity index (χ1n) is 23.0. The van der Waals surface area contributed by atoms with Gasteiger partial charge in [-0.05, 0) is 19.3 Å². The van der Waals surface area contributed by atoms with Gasteiger partial charge in [0.1, 0.15) is 13.2 Å². The number of rotatable bonds is 41. The number of esters is 3. The SMILES string of the molecule is CCCCCCCCCCCCCC(=O)OCC(COC(=O)C(C)CCCCCCCCCCCC)OC(=O)CCCCCCCCCCCCC. The van der Waals surface area contributed by atoms with Crippen LogP contribution in [0.4, 0.5) is 0 Å². The van der Waals surface area contributed by atoms with Crippen molar-refractivity contribution < 1.29 is 28.6 Å². The molecule has 2 atom stereocenters. The molecular weight excluding hydrogens is 648 g/mol. The van der Waals surface area contributed by atoms with Crippen molar-refractivity contribution >= 4 is 17.9 Å². The minimum atomic E-state index is -0.769. The van der Waals surface area contributed by atoms with Gasteiger partial charge in [0.15, 0.2) is 6.10 Å². The zero-order valence-corrected chi connectivity index (χ0v) is 35.3. The molecule has 0 rings (SSSR count). The molecule has 6 nitrogen and oxygen atoms in total. The molecule has 0 aromatic rings. The first-order chi connectivity index (χ1) is 25.4. The Labute approximate surface area is 323 Å². The molecule has 0 radical (unpaired) electrons. The Morgan fingerprint density at radius 3 is 1.08 bits per heavy atom. The summed E-state index contributed by atoms with van der Waals surface area (Å²) in [5.74, 6) is -1.06. The molecule has 0 N–H and O–H groups in total. The molecule has 0 aliphatic heterocycles. The molecule has 0 heterocycles. The number of carbonyl (C=O) groups is 3. The fourth-order valence-corrected chi connectivity index (χ4v) is 6.86. The van der Waals surface area contributed by atoms with Crippen molar-refractivity contribution in [3.8, 4) is 0 Å². The summed E-state index contributed by atoms with van der Waals surface area (Å²) in [4.78, 5) is 38.1. The van der Waals surface area contributed by atoms with E-state index in [1.165, 1.54) is 154 Å².